The predicted molar refractivity (Wildman–Crippen MR) is 65.7 cm³/mol. The summed E-state index contributed by atoms with van der Waals surface area (Å²) in [6.07, 6.45) is 2.88. The molecule has 0 aliphatic rings. The molecule has 1 aromatic rings. The van der Waals surface area contributed by atoms with Gasteiger partial charge in [0.25, 0.3) is 0 Å². The fourth-order valence-electron chi connectivity index (χ4n) is 1.69. The van der Waals surface area contributed by atoms with E-state index < -0.39 is 0 Å². The minimum absolute atomic E-state index is 0.711. The zero-order valence-corrected chi connectivity index (χ0v) is 9.45. The Bertz CT molecular complexity index is 307. The first-order valence-corrected chi connectivity index (χ1v) is 5.34. The second-order valence-corrected chi connectivity index (χ2v) is 3.79. The van der Waals surface area contributed by atoms with Gasteiger partial charge in [-0.25, -0.2) is 0 Å². The SMILES string of the molecule is C=CCN(C)Cc1ccccc1CCN. The van der Waals surface area contributed by atoms with Crippen LogP contribution in [0, 0.1) is 0 Å². The number of likely N-dealkylation sites (N-methyl/N-ethyl adjacent to an activating group) is 1. The molecule has 0 unspecified atom stereocenters. The quantitative estimate of drug-likeness (QED) is 0.716. The van der Waals surface area contributed by atoms with Crippen molar-refractivity contribution in [3.05, 3.63) is 48.0 Å². The largest absolute Gasteiger partial charge is 0.330 e. The van der Waals surface area contributed by atoms with E-state index in [4.69, 9.17) is 5.73 Å². The Morgan fingerprint density at radius 3 is 2.60 bits per heavy atom. The van der Waals surface area contributed by atoms with Gasteiger partial charge in [0, 0.05) is 13.1 Å². The van der Waals surface area contributed by atoms with Crippen LogP contribution in [-0.2, 0) is 13.0 Å². The molecule has 2 heteroatoms. The second-order valence-electron chi connectivity index (χ2n) is 3.79. The van der Waals surface area contributed by atoms with E-state index in [0.29, 0.717) is 6.54 Å². The van der Waals surface area contributed by atoms with Crippen molar-refractivity contribution in [1.29, 1.82) is 0 Å². The number of nitrogens with zero attached hydrogens (tertiary/aromatic N) is 1. The van der Waals surface area contributed by atoms with Crippen molar-refractivity contribution in [2.45, 2.75) is 13.0 Å². The van der Waals surface area contributed by atoms with Crippen molar-refractivity contribution >= 4 is 0 Å². The molecule has 0 saturated carbocycles. The van der Waals surface area contributed by atoms with Crippen molar-refractivity contribution in [2.24, 2.45) is 5.73 Å². The van der Waals surface area contributed by atoms with Gasteiger partial charge in [-0.2, -0.15) is 0 Å². The minimum Gasteiger partial charge on any atom is -0.330 e. The Labute approximate surface area is 92.4 Å². The summed E-state index contributed by atoms with van der Waals surface area (Å²) in [4.78, 5) is 2.24. The molecule has 1 rings (SSSR count). The van der Waals surface area contributed by atoms with Crippen molar-refractivity contribution < 1.29 is 0 Å². The standard InChI is InChI=1S/C13H20N2/c1-3-10-15(2)11-13-7-5-4-6-12(13)8-9-14/h3-7H,1,8-11,14H2,2H3. The molecule has 0 fully saturated rings. The number of nitrogens with two attached hydrogens (primary N) is 1. The maximum absolute atomic E-state index is 5.59. The van der Waals surface area contributed by atoms with Crippen LogP contribution < -0.4 is 5.73 Å². The van der Waals surface area contributed by atoms with Crippen LogP contribution in [0.15, 0.2) is 36.9 Å². The van der Waals surface area contributed by atoms with E-state index in [1.165, 1.54) is 11.1 Å². The highest BCUT2D eigenvalue weighted by Gasteiger charge is 2.03. The molecule has 0 aliphatic carbocycles. The van der Waals surface area contributed by atoms with Gasteiger partial charge < -0.3 is 5.73 Å². The molecule has 1 aromatic carbocycles. The summed E-state index contributed by atoms with van der Waals surface area (Å²) in [5.74, 6) is 0. The number of benzene rings is 1. The van der Waals surface area contributed by atoms with E-state index in [1.807, 2.05) is 6.08 Å². The Kier molecular flexibility index (Phi) is 5.08. The highest BCUT2D eigenvalue weighted by molar-refractivity contribution is 5.27. The van der Waals surface area contributed by atoms with Crippen LogP contribution in [0.25, 0.3) is 0 Å². The van der Waals surface area contributed by atoms with Crippen LogP contribution in [-0.4, -0.2) is 25.0 Å². The van der Waals surface area contributed by atoms with E-state index in [0.717, 1.165) is 19.5 Å². The summed E-state index contributed by atoms with van der Waals surface area (Å²) >= 11 is 0. The molecule has 0 radical (unpaired) electrons. The fourth-order valence-corrected chi connectivity index (χ4v) is 1.69. The summed E-state index contributed by atoms with van der Waals surface area (Å²) in [6.45, 7) is 6.32. The third-order valence-electron chi connectivity index (χ3n) is 2.41. The van der Waals surface area contributed by atoms with Crippen LogP contribution in [0.4, 0.5) is 0 Å². The van der Waals surface area contributed by atoms with Gasteiger partial charge in [-0.3, -0.25) is 4.90 Å². The van der Waals surface area contributed by atoms with Crippen molar-refractivity contribution in [2.75, 3.05) is 20.1 Å². The van der Waals surface area contributed by atoms with Crippen LogP contribution in [0.1, 0.15) is 11.1 Å². The molecular formula is C13H20N2. The first-order chi connectivity index (χ1) is 7.27. The summed E-state index contributed by atoms with van der Waals surface area (Å²) in [5, 5.41) is 0. The Hall–Kier alpha value is -1.12. The third kappa shape index (κ3) is 3.86. The van der Waals surface area contributed by atoms with Crippen molar-refractivity contribution in [3.63, 3.8) is 0 Å². The van der Waals surface area contributed by atoms with Gasteiger partial charge in [0.05, 0.1) is 0 Å². The molecule has 2 nitrogen and oxygen atoms in total. The second kappa shape index (κ2) is 6.38. The lowest BCUT2D eigenvalue weighted by Gasteiger charge is -2.16. The molecule has 0 aromatic heterocycles. The fraction of sp³-hybridized carbons (Fsp3) is 0.385. The first kappa shape index (κ1) is 12.0. The average molecular weight is 204 g/mol. The molecule has 0 atom stereocenters. The van der Waals surface area contributed by atoms with Crippen LogP contribution in [0.2, 0.25) is 0 Å². The minimum atomic E-state index is 0.711. The van der Waals surface area contributed by atoms with Crippen LogP contribution in [0.5, 0.6) is 0 Å². The smallest absolute Gasteiger partial charge is 0.0236 e. The summed E-state index contributed by atoms with van der Waals surface area (Å²) < 4.78 is 0. The summed E-state index contributed by atoms with van der Waals surface area (Å²) in [5.41, 5.74) is 8.31. The molecule has 0 amide bonds. The Balaban J connectivity index is 2.69. The highest BCUT2D eigenvalue weighted by Crippen LogP contribution is 2.11. The topological polar surface area (TPSA) is 29.3 Å². The first-order valence-electron chi connectivity index (χ1n) is 5.34. The zero-order valence-electron chi connectivity index (χ0n) is 9.45. The summed E-state index contributed by atoms with van der Waals surface area (Å²) in [6, 6.07) is 8.48. The van der Waals surface area contributed by atoms with E-state index in [-0.39, 0.29) is 0 Å². The average Bonchev–Trinajstić information content (AvgIpc) is 2.21. The number of hydrogen-bond acceptors (Lipinski definition) is 2. The van der Waals surface area contributed by atoms with Gasteiger partial charge in [0.1, 0.15) is 0 Å². The van der Waals surface area contributed by atoms with Crippen LogP contribution >= 0.6 is 0 Å². The maximum atomic E-state index is 5.59. The molecule has 2 N–H and O–H groups in total. The molecule has 0 bridgehead atoms. The molecule has 0 saturated heterocycles. The lowest BCUT2D eigenvalue weighted by molar-refractivity contribution is 0.362. The van der Waals surface area contributed by atoms with E-state index in [1.54, 1.807) is 0 Å². The van der Waals surface area contributed by atoms with Crippen molar-refractivity contribution in [1.82, 2.24) is 4.90 Å². The monoisotopic (exact) mass is 204 g/mol. The van der Waals surface area contributed by atoms with Gasteiger partial charge in [0.15, 0.2) is 0 Å². The summed E-state index contributed by atoms with van der Waals surface area (Å²) in [7, 11) is 2.10. The molecule has 82 valence electrons. The highest BCUT2D eigenvalue weighted by atomic mass is 15.1. The lowest BCUT2D eigenvalue weighted by atomic mass is 10.0. The van der Waals surface area contributed by atoms with Crippen LogP contribution in [0.3, 0.4) is 0 Å². The van der Waals surface area contributed by atoms with Gasteiger partial charge in [0.2, 0.25) is 0 Å². The van der Waals surface area contributed by atoms with E-state index in [2.05, 4.69) is 42.8 Å². The maximum Gasteiger partial charge on any atom is 0.0236 e. The van der Waals surface area contributed by atoms with Gasteiger partial charge in [-0.1, -0.05) is 30.3 Å². The number of rotatable bonds is 6. The molecule has 0 spiro atoms. The zero-order chi connectivity index (χ0) is 11.1. The Morgan fingerprint density at radius 2 is 2.00 bits per heavy atom. The van der Waals surface area contributed by atoms with E-state index >= 15 is 0 Å². The lowest BCUT2D eigenvalue weighted by Crippen LogP contribution is -2.19. The van der Waals surface area contributed by atoms with E-state index in [9.17, 15) is 0 Å². The van der Waals surface area contributed by atoms with Gasteiger partial charge in [-0.05, 0) is 31.1 Å². The molecule has 0 aliphatic heterocycles. The Morgan fingerprint density at radius 1 is 1.33 bits per heavy atom. The van der Waals surface area contributed by atoms with Gasteiger partial charge in [-0.15, -0.1) is 6.58 Å². The van der Waals surface area contributed by atoms with Crippen molar-refractivity contribution in [3.8, 4) is 0 Å². The molecular weight excluding hydrogens is 184 g/mol. The molecule has 0 heterocycles. The normalized spacial score (nSPS) is 10.6. The third-order valence-corrected chi connectivity index (χ3v) is 2.41. The number of hydrogen-bond donors (Lipinski definition) is 1. The molecule has 15 heavy (non-hydrogen) atoms. The van der Waals surface area contributed by atoms with Gasteiger partial charge >= 0.3 is 0 Å². The predicted octanol–water partition coefficient (Wildman–Crippen LogP) is 1.81.